The van der Waals surface area contributed by atoms with E-state index >= 15 is 0 Å². The van der Waals surface area contributed by atoms with E-state index in [9.17, 15) is 14.7 Å². The standard InChI is InChI=1S/C21H22N4O4/c1-4-29-18-16(20(27)28)23-21(25(3)19(18)26)24(2)17(14-10-6-5-7-11-14)15-12-8-9-13-22-15/h5-13,17H,4H2,1-3H3,(H,27,28). The number of pyridine rings is 1. The van der Waals surface area contributed by atoms with Crippen LogP contribution in [0.4, 0.5) is 5.95 Å². The summed E-state index contributed by atoms with van der Waals surface area (Å²) in [6.07, 6.45) is 1.69. The molecule has 2 aromatic heterocycles. The third kappa shape index (κ3) is 3.96. The fourth-order valence-electron chi connectivity index (χ4n) is 3.19. The fourth-order valence-corrected chi connectivity index (χ4v) is 3.19. The number of hydrogen-bond donors (Lipinski definition) is 1. The van der Waals surface area contributed by atoms with Gasteiger partial charge in [0.1, 0.15) is 0 Å². The first-order chi connectivity index (χ1) is 14.0. The van der Waals surface area contributed by atoms with Crippen molar-refractivity contribution in [2.45, 2.75) is 13.0 Å². The van der Waals surface area contributed by atoms with Crippen molar-refractivity contribution in [2.75, 3.05) is 18.6 Å². The van der Waals surface area contributed by atoms with Gasteiger partial charge in [-0.1, -0.05) is 36.4 Å². The van der Waals surface area contributed by atoms with Gasteiger partial charge in [-0.25, -0.2) is 9.78 Å². The zero-order valence-corrected chi connectivity index (χ0v) is 16.4. The lowest BCUT2D eigenvalue weighted by Gasteiger charge is -2.30. The molecule has 1 atom stereocenters. The summed E-state index contributed by atoms with van der Waals surface area (Å²) in [6, 6.07) is 14.8. The van der Waals surface area contributed by atoms with Crippen LogP contribution >= 0.6 is 0 Å². The SMILES string of the molecule is CCOc1c(C(=O)O)nc(N(C)C(c2ccccc2)c2ccccn2)n(C)c1=O. The molecule has 3 rings (SSSR count). The summed E-state index contributed by atoms with van der Waals surface area (Å²) in [4.78, 5) is 35.0. The maximum Gasteiger partial charge on any atom is 0.358 e. The summed E-state index contributed by atoms with van der Waals surface area (Å²) in [5.74, 6) is -1.40. The van der Waals surface area contributed by atoms with E-state index in [4.69, 9.17) is 4.74 Å². The molecular weight excluding hydrogens is 372 g/mol. The number of aromatic carboxylic acids is 1. The van der Waals surface area contributed by atoms with Crippen molar-refractivity contribution in [1.29, 1.82) is 0 Å². The molecule has 150 valence electrons. The molecule has 0 radical (unpaired) electrons. The highest BCUT2D eigenvalue weighted by Crippen LogP contribution is 2.30. The van der Waals surface area contributed by atoms with E-state index in [0.717, 1.165) is 11.3 Å². The second-order valence-corrected chi connectivity index (χ2v) is 6.37. The van der Waals surface area contributed by atoms with Crippen LogP contribution in [-0.2, 0) is 7.05 Å². The molecule has 1 unspecified atom stereocenters. The van der Waals surface area contributed by atoms with Crippen molar-refractivity contribution < 1.29 is 14.6 Å². The van der Waals surface area contributed by atoms with Gasteiger partial charge < -0.3 is 14.7 Å². The van der Waals surface area contributed by atoms with Crippen LogP contribution in [0.2, 0.25) is 0 Å². The normalized spacial score (nSPS) is 11.7. The second-order valence-electron chi connectivity index (χ2n) is 6.37. The molecule has 0 aliphatic carbocycles. The quantitative estimate of drug-likeness (QED) is 0.657. The first-order valence-electron chi connectivity index (χ1n) is 9.11. The van der Waals surface area contributed by atoms with Gasteiger partial charge in [-0.05, 0) is 24.6 Å². The third-order valence-corrected chi connectivity index (χ3v) is 4.50. The predicted octanol–water partition coefficient (Wildman–Crippen LogP) is 2.50. The molecule has 0 spiro atoms. The number of ether oxygens (including phenoxy) is 1. The highest BCUT2D eigenvalue weighted by atomic mass is 16.5. The van der Waals surface area contributed by atoms with E-state index in [0.29, 0.717) is 0 Å². The van der Waals surface area contributed by atoms with Gasteiger partial charge in [-0.3, -0.25) is 14.3 Å². The molecule has 8 nitrogen and oxygen atoms in total. The van der Waals surface area contributed by atoms with E-state index in [2.05, 4.69) is 9.97 Å². The van der Waals surface area contributed by atoms with Gasteiger partial charge in [0, 0.05) is 20.3 Å². The number of carboxylic acids is 1. The van der Waals surface area contributed by atoms with Crippen LogP contribution in [0.1, 0.15) is 34.7 Å². The lowest BCUT2D eigenvalue weighted by Crippen LogP contribution is -2.34. The average Bonchev–Trinajstić information content (AvgIpc) is 2.73. The van der Waals surface area contributed by atoms with Crippen LogP contribution < -0.4 is 15.2 Å². The number of nitrogens with zero attached hydrogens (tertiary/aromatic N) is 4. The smallest absolute Gasteiger partial charge is 0.358 e. The molecule has 1 N–H and O–H groups in total. The third-order valence-electron chi connectivity index (χ3n) is 4.50. The molecule has 0 aliphatic heterocycles. The minimum absolute atomic E-state index is 0.160. The number of benzene rings is 1. The molecule has 0 fully saturated rings. The summed E-state index contributed by atoms with van der Waals surface area (Å²) >= 11 is 0. The van der Waals surface area contributed by atoms with Gasteiger partial charge in [0.25, 0.3) is 5.56 Å². The van der Waals surface area contributed by atoms with Crippen molar-refractivity contribution in [3.05, 3.63) is 82.0 Å². The molecule has 0 bridgehead atoms. The molecule has 1 aromatic carbocycles. The Morgan fingerprint density at radius 3 is 2.48 bits per heavy atom. The van der Waals surface area contributed by atoms with Crippen LogP contribution in [0.15, 0.2) is 59.5 Å². The zero-order chi connectivity index (χ0) is 21.0. The Labute approximate surface area is 168 Å². The minimum Gasteiger partial charge on any atom is -0.486 e. The average molecular weight is 394 g/mol. The van der Waals surface area contributed by atoms with Crippen LogP contribution in [0.3, 0.4) is 0 Å². The number of anilines is 1. The zero-order valence-electron chi connectivity index (χ0n) is 16.4. The monoisotopic (exact) mass is 394 g/mol. The van der Waals surface area contributed by atoms with Crippen LogP contribution in [0.5, 0.6) is 5.75 Å². The highest BCUT2D eigenvalue weighted by molar-refractivity contribution is 5.88. The number of carboxylic acid groups (broad SMARTS) is 1. The number of rotatable bonds is 7. The van der Waals surface area contributed by atoms with E-state index in [1.54, 1.807) is 25.1 Å². The van der Waals surface area contributed by atoms with E-state index < -0.39 is 17.2 Å². The number of carbonyl (C=O) groups is 1. The Bertz CT molecular complexity index is 1010. The van der Waals surface area contributed by atoms with Crippen molar-refractivity contribution in [2.24, 2.45) is 7.05 Å². The molecule has 0 saturated heterocycles. The summed E-state index contributed by atoms with van der Waals surface area (Å²) < 4.78 is 6.55. The largest absolute Gasteiger partial charge is 0.486 e. The molecule has 3 aromatic rings. The molecule has 0 saturated carbocycles. The Kier molecular flexibility index (Phi) is 5.92. The second kappa shape index (κ2) is 8.55. The first kappa shape index (κ1) is 20.1. The van der Waals surface area contributed by atoms with Crippen molar-refractivity contribution >= 4 is 11.9 Å². The molecule has 29 heavy (non-hydrogen) atoms. The van der Waals surface area contributed by atoms with Gasteiger partial charge in [-0.2, -0.15) is 0 Å². The minimum atomic E-state index is -1.32. The summed E-state index contributed by atoms with van der Waals surface area (Å²) in [5, 5.41) is 9.57. The van der Waals surface area contributed by atoms with Crippen LogP contribution in [0.25, 0.3) is 0 Å². The number of hydrogen-bond acceptors (Lipinski definition) is 6. The summed E-state index contributed by atoms with van der Waals surface area (Å²) in [6.45, 7) is 1.84. The molecule has 8 heteroatoms. The van der Waals surface area contributed by atoms with Crippen molar-refractivity contribution in [3.63, 3.8) is 0 Å². The van der Waals surface area contributed by atoms with Crippen molar-refractivity contribution in [1.82, 2.24) is 14.5 Å². The Morgan fingerprint density at radius 1 is 1.21 bits per heavy atom. The van der Waals surface area contributed by atoms with Gasteiger partial charge in [0.2, 0.25) is 11.7 Å². The Morgan fingerprint density at radius 2 is 1.90 bits per heavy atom. The molecule has 0 amide bonds. The van der Waals surface area contributed by atoms with Crippen LogP contribution in [-0.4, -0.2) is 39.3 Å². The summed E-state index contributed by atoms with van der Waals surface area (Å²) in [5.41, 5.74) is 0.688. The van der Waals surface area contributed by atoms with E-state index in [-0.39, 0.29) is 24.3 Å². The first-order valence-corrected chi connectivity index (χ1v) is 9.11. The van der Waals surface area contributed by atoms with Gasteiger partial charge in [0.05, 0.1) is 18.3 Å². The van der Waals surface area contributed by atoms with Gasteiger partial charge in [-0.15, -0.1) is 0 Å². The molecular formula is C21H22N4O4. The van der Waals surface area contributed by atoms with Gasteiger partial charge in [0.15, 0.2) is 5.69 Å². The Balaban J connectivity index is 2.20. The molecule has 2 heterocycles. The summed E-state index contributed by atoms with van der Waals surface area (Å²) in [7, 11) is 3.29. The Hall–Kier alpha value is -3.68. The van der Waals surface area contributed by atoms with E-state index in [1.165, 1.54) is 11.6 Å². The van der Waals surface area contributed by atoms with Crippen LogP contribution in [0, 0.1) is 0 Å². The van der Waals surface area contributed by atoms with Crippen molar-refractivity contribution in [3.8, 4) is 5.75 Å². The van der Waals surface area contributed by atoms with E-state index in [1.807, 2.05) is 48.5 Å². The topological polar surface area (TPSA) is 97.6 Å². The lowest BCUT2D eigenvalue weighted by molar-refractivity contribution is 0.0684. The number of aromatic nitrogens is 3. The fraction of sp³-hybridized carbons (Fsp3) is 0.238. The highest BCUT2D eigenvalue weighted by Gasteiger charge is 2.28. The van der Waals surface area contributed by atoms with Gasteiger partial charge >= 0.3 is 5.97 Å². The maximum absolute atomic E-state index is 12.8. The maximum atomic E-state index is 12.8. The predicted molar refractivity (Wildman–Crippen MR) is 109 cm³/mol. The molecule has 0 aliphatic rings. The lowest BCUT2D eigenvalue weighted by atomic mass is 10.0.